The Morgan fingerprint density at radius 1 is 1.76 bits per heavy atom. The molecule has 0 heterocycles. The topological polar surface area (TPSA) is 90.1 Å². The largest absolute Gasteiger partial charge is 0.415 e. The van der Waals surface area contributed by atoms with Crippen molar-refractivity contribution in [2.24, 2.45) is 16.1 Å². The number of rotatable bonds is 4. The molecular formula is C10H17N5O2. The van der Waals surface area contributed by atoms with Gasteiger partial charge in [-0.2, -0.15) is 5.10 Å². The molecule has 94 valence electrons. The van der Waals surface area contributed by atoms with E-state index in [0.29, 0.717) is 11.7 Å². The SMILES string of the molecule is CN/N=C(/CN(C)C(=O)OC1=CC[C@H]1C)N=N. The molecule has 2 N–H and O–H groups in total. The number of allylic oxidation sites excluding steroid dienone is 2. The number of amides is 1. The smallest absolute Gasteiger partial charge is 0.415 e. The molecule has 1 atom stereocenters. The van der Waals surface area contributed by atoms with E-state index in [-0.39, 0.29) is 12.4 Å². The van der Waals surface area contributed by atoms with Crippen LogP contribution in [0.25, 0.3) is 0 Å². The molecule has 0 aromatic heterocycles. The number of amidine groups is 1. The minimum Gasteiger partial charge on any atom is -0.415 e. The molecule has 17 heavy (non-hydrogen) atoms. The number of nitrogens with one attached hydrogen (secondary N) is 2. The van der Waals surface area contributed by atoms with Crippen molar-refractivity contribution in [1.82, 2.24) is 10.3 Å². The summed E-state index contributed by atoms with van der Waals surface area (Å²) in [4.78, 5) is 13.0. The van der Waals surface area contributed by atoms with Gasteiger partial charge in [0.1, 0.15) is 5.76 Å². The second kappa shape index (κ2) is 5.97. The van der Waals surface area contributed by atoms with Gasteiger partial charge in [-0.3, -0.25) is 0 Å². The lowest BCUT2D eigenvalue weighted by molar-refractivity contribution is 0.128. The van der Waals surface area contributed by atoms with Gasteiger partial charge in [-0.25, -0.2) is 10.3 Å². The van der Waals surface area contributed by atoms with Crippen molar-refractivity contribution in [3.05, 3.63) is 11.8 Å². The molecule has 0 spiro atoms. The van der Waals surface area contributed by atoms with Crippen LogP contribution in [0.5, 0.6) is 0 Å². The zero-order valence-corrected chi connectivity index (χ0v) is 10.2. The van der Waals surface area contributed by atoms with Crippen molar-refractivity contribution in [2.75, 3.05) is 20.6 Å². The Bertz CT molecular complexity index is 364. The fourth-order valence-corrected chi connectivity index (χ4v) is 1.27. The Kier molecular flexibility index (Phi) is 4.62. The minimum absolute atomic E-state index is 0.130. The third-order valence-electron chi connectivity index (χ3n) is 2.42. The summed E-state index contributed by atoms with van der Waals surface area (Å²) in [6.07, 6.45) is 2.37. The van der Waals surface area contributed by atoms with Crippen LogP contribution < -0.4 is 5.43 Å². The summed E-state index contributed by atoms with van der Waals surface area (Å²) in [5, 5.41) is 6.94. The highest BCUT2D eigenvalue weighted by molar-refractivity contribution is 5.86. The summed E-state index contributed by atoms with van der Waals surface area (Å²) in [5.41, 5.74) is 9.40. The van der Waals surface area contributed by atoms with Gasteiger partial charge >= 0.3 is 6.09 Å². The third-order valence-corrected chi connectivity index (χ3v) is 2.42. The Hall–Kier alpha value is -1.92. The number of carbonyl (C=O) groups excluding carboxylic acids is 1. The highest BCUT2D eigenvalue weighted by atomic mass is 16.6. The van der Waals surface area contributed by atoms with Crippen LogP contribution in [0.4, 0.5) is 4.79 Å². The van der Waals surface area contributed by atoms with Gasteiger partial charge in [0.25, 0.3) is 0 Å². The van der Waals surface area contributed by atoms with E-state index in [9.17, 15) is 4.79 Å². The van der Waals surface area contributed by atoms with E-state index in [4.69, 9.17) is 10.3 Å². The second-order valence-electron chi connectivity index (χ2n) is 3.83. The van der Waals surface area contributed by atoms with E-state index in [1.807, 2.05) is 13.0 Å². The summed E-state index contributed by atoms with van der Waals surface area (Å²) in [5.74, 6) is 1.22. The predicted molar refractivity (Wildman–Crippen MR) is 62.6 cm³/mol. The van der Waals surface area contributed by atoms with Gasteiger partial charge < -0.3 is 15.1 Å². The zero-order chi connectivity index (χ0) is 12.8. The Morgan fingerprint density at radius 2 is 2.47 bits per heavy atom. The molecule has 0 saturated carbocycles. The molecule has 0 saturated heterocycles. The first-order chi connectivity index (χ1) is 8.08. The van der Waals surface area contributed by atoms with Gasteiger partial charge in [0.15, 0.2) is 5.84 Å². The van der Waals surface area contributed by atoms with Gasteiger partial charge in [0.05, 0.1) is 6.54 Å². The van der Waals surface area contributed by atoms with Crippen LogP contribution in [0.1, 0.15) is 13.3 Å². The summed E-state index contributed by atoms with van der Waals surface area (Å²) >= 11 is 0. The Labute approximate surface area is 100 Å². The van der Waals surface area contributed by atoms with Gasteiger partial charge in [-0.15, -0.1) is 5.11 Å². The minimum atomic E-state index is -0.463. The average molecular weight is 239 g/mol. The normalized spacial score (nSPS) is 18.9. The molecule has 7 heteroatoms. The maximum absolute atomic E-state index is 11.6. The summed E-state index contributed by atoms with van der Waals surface area (Å²) in [7, 11) is 3.17. The standard InChI is InChI=1S/C10H17N5O2/c1-7-4-5-8(7)17-10(16)15(3)6-9(13-11)14-12-2/h5,7,11-12H,4,6H2,1-3H3/b13-11?,14-9-/t7-/m1/s1. The molecule has 0 aromatic carbocycles. The van der Waals surface area contributed by atoms with Crippen LogP contribution in [0.15, 0.2) is 22.1 Å². The van der Waals surface area contributed by atoms with Crippen LogP contribution in [0.2, 0.25) is 0 Å². The number of hydrazone groups is 1. The van der Waals surface area contributed by atoms with Crippen LogP contribution in [-0.2, 0) is 4.74 Å². The fraction of sp³-hybridized carbons (Fsp3) is 0.600. The lowest BCUT2D eigenvalue weighted by Gasteiger charge is -2.24. The molecule has 7 nitrogen and oxygen atoms in total. The van der Waals surface area contributed by atoms with Crippen LogP contribution in [-0.4, -0.2) is 37.5 Å². The average Bonchev–Trinajstić information content (AvgIpc) is 2.32. The van der Waals surface area contributed by atoms with E-state index in [0.717, 1.165) is 6.42 Å². The lowest BCUT2D eigenvalue weighted by Crippen LogP contribution is -2.33. The van der Waals surface area contributed by atoms with Crippen molar-refractivity contribution in [2.45, 2.75) is 13.3 Å². The predicted octanol–water partition coefficient (Wildman–Crippen LogP) is 1.54. The van der Waals surface area contributed by atoms with Crippen molar-refractivity contribution < 1.29 is 9.53 Å². The molecule has 0 fully saturated rings. The molecule has 0 unspecified atom stereocenters. The van der Waals surface area contributed by atoms with E-state index >= 15 is 0 Å². The Morgan fingerprint density at radius 3 is 2.88 bits per heavy atom. The quantitative estimate of drug-likeness (QED) is 0.337. The van der Waals surface area contributed by atoms with Crippen molar-refractivity contribution in [3.63, 3.8) is 0 Å². The molecule has 0 aliphatic heterocycles. The first kappa shape index (κ1) is 13.1. The monoisotopic (exact) mass is 239 g/mol. The summed E-state index contributed by atoms with van der Waals surface area (Å²) in [6.45, 7) is 2.13. The van der Waals surface area contributed by atoms with E-state index in [1.165, 1.54) is 4.90 Å². The first-order valence-corrected chi connectivity index (χ1v) is 5.32. The fourth-order valence-electron chi connectivity index (χ4n) is 1.27. The Balaban J connectivity index is 2.46. The lowest BCUT2D eigenvalue weighted by atomic mass is 9.95. The zero-order valence-electron chi connectivity index (χ0n) is 10.2. The summed E-state index contributed by atoms with van der Waals surface area (Å²) < 4.78 is 5.15. The molecule has 1 rings (SSSR count). The van der Waals surface area contributed by atoms with Gasteiger partial charge in [0.2, 0.25) is 0 Å². The van der Waals surface area contributed by atoms with Gasteiger partial charge in [-0.05, 0) is 12.5 Å². The van der Waals surface area contributed by atoms with Gasteiger partial charge in [0, 0.05) is 20.0 Å². The van der Waals surface area contributed by atoms with Gasteiger partial charge in [-0.1, -0.05) is 6.92 Å². The van der Waals surface area contributed by atoms with Crippen molar-refractivity contribution in [1.29, 1.82) is 5.53 Å². The molecule has 1 aliphatic carbocycles. The highest BCUT2D eigenvalue weighted by Gasteiger charge is 2.23. The van der Waals surface area contributed by atoms with E-state index < -0.39 is 6.09 Å². The maximum Gasteiger partial charge on any atom is 0.415 e. The number of nitrogens with zero attached hydrogens (tertiary/aromatic N) is 3. The molecule has 0 bridgehead atoms. The van der Waals surface area contributed by atoms with Crippen LogP contribution in [0, 0.1) is 11.4 Å². The van der Waals surface area contributed by atoms with E-state index in [2.05, 4.69) is 15.6 Å². The van der Waals surface area contributed by atoms with Crippen LogP contribution >= 0.6 is 0 Å². The number of likely N-dealkylation sites (N-methyl/N-ethyl adjacent to an activating group) is 1. The first-order valence-electron chi connectivity index (χ1n) is 5.32. The number of carbonyl (C=O) groups is 1. The highest BCUT2D eigenvalue weighted by Crippen LogP contribution is 2.27. The number of ether oxygens (including phenoxy) is 1. The molecule has 0 aromatic rings. The van der Waals surface area contributed by atoms with Crippen molar-refractivity contribution >= 4 is 11.9 Å². The molecule has 1 aliphatic rings. The van der Waals surface area contributed by atoms with Crippen LogP contribution in [0.3, 0.4) is 0 Å². The molecule has 1 amide bonds. The maximum atomic E-state index is 11.6. The third kappa shape index (κ3) is 3.54. The number of hydrogen-bond donors (Lipinski definition) is 2. The number of hydrogen-bond acceptors (Lipinski definition) is 5. The van der Waals surface area contributed by atoms with Crippen molar-refractivity contribution in [3.8, 4) is 0 Å². The second-order valence-corrected chi connectivity index (χ2v) is 3.83. The molecule has 0 radical (unpaired) electrons. The molecular weight excluding hydrogens is 222 g/mol. The summed E-state index contributed by atoms with van der Waals surface area (Å²) in [6, 6.07) is 0. The van der Waals surface area contributed by atoms with E-state index in [1.54, 1.807) is 14.1 Å².